The number of nitrogens with one attached hydrogen (secondary N) is 2. The fourth-order valence-corrected chi connectivity index (χ4v) is 4.17. The normalized spacial score (nSPS) is 22.6. The summed E-state index contributed by atoms with van der Waals surface area (Å²) in [6.07, 6.45) is 4.08. The monoisotopic (exact) mass is 350 g/mol. The molecule has 0 amide bonds. The van der Waals surface area contributed by atoms with Gasteiger partial charge in [0, 0.05) is 18.0 Å². The van der Waals surface area contributed by atoms with Crippen molar-refractivity contribution in [3.05, 3.63) is 24.3 Å². The van der Waals surface area contributed by atoms with E-state index < -0.39 is 10.0 Å². The lowest BCUT2D eigenvalue weighted by atomic mass is 9.83. The first-order valence-corrected chi connectivity index (χ1v) is 9.50. The Labute approximate surface area is 137 Å². The van der Waals surface area contributed by atoms with E-state index >= 15 is 0 Å². The first-order chi connectivity index (χ1) is 9.45. The Kier molecular flexibility index (Phi) is 7.00. The van der Waals surface area contributed by atoms with Crippen LogP contribution in [0.2, 0.25) is 0 Å². The highest BCUT2D eigenvalue weighted by Gasteiger charge is 2.28. The average molecular weight is 351 g/mol. The zero-order valence-electron chi connectivity index (χ0n) is 12.4. The summed E-state index contributed by atoms with van der Waals surface area (Å²) < 4.78 is 27.4. The first-order valence-electron chi connectivity index (χ1n) is 6.80. The van der Waals surface area contributed by atoms with Gasteiger partial charge in [-0.05, 0) is 49.3 Å². The molecular formula is C14H23ClN2O2S2. The molecule has 21 heavy (non-hydrogen) atoms. The summed E-state index contributed by atoms with van der Waals surface area (Å²) in [6.45, 7) is 4.49. The standard InChI is InChI=1S/C14H22N2O2S2.ClH/c1-14(7-4-8-15-10-14)11-16-20(17,18)13-6-3-5-12(9-13)19-2;/h3,5-6,9,15-16H,4,7-8,10-11H2,1-2H3;1H. The highest BCUT2D eigenvalue weighted by Crippen LogP contribution is 2.25. The molecule has 1 fully saturated rings. The zero-order chi connectivity index (χ0) is 14.6. The van der Waals surface area contributed by atoms with Crippen molar-refractivity contribution in [2.45, 2.75) is 29.6 Å². The molecule has 0 aromatic heterocycles. The third kappa shape index (κ3) is 5.14. The van der Waals surface area contributed by atoms with Crippen LogP contribution in [0.25, 0.3) is 0 Å². The molecule has 1 unspecified atom stereocenters. The van der Waals surface area contributed by atoms with Crippen molar-refractivity contribution >= 4 is 34.2 Å². The Morgan fingerprint density at radius 1 is 1.43 bits per heavy atom. The molecule has 2 rings (SSSR count). The molecule has 1 aliphatic rings. The maximum Gasteiger partial charge on any atom is 0.240 e. The minimum Gasteiger partial charge on any atom is -0.316 e. The van der Waals surface area contributed by atoms with Crippen molar-refractivity contribution in [3.63, 3.8) is 0 Å². The van der Waals surface area contributed by atoms with E-state index in [4.69, 9.17) is 0 Å². The van der Waals surface area contributed by atoms with Gasteiger partial charge in [0.15, 0.2) is 0 Å². The summed E-state index contributed by atoms with van der Waals surface area (Å²) in [5, 5.41) is 3.33. The number of thioether (sulfide) groups is 1. The number of benzene rings is 1. The topological polar surface area (TPSA) is 58.2 Å². The maximum atomic E-state index is 12.3. The molecule has 120 valence electrons. The van der Waals surface area contributed by atoms with Gasteiger partial charge in [-0.15, -0.1) is 24.2 Å². The molecule has 1 saturated heterocycles. The fourth-order valence-electron chi connectivity index (χ4n) is 2.39. The Morgan fingerprint density at radius 3 is 2.81 bits per heavy atom. The van der Waals surface area contributed by atoms with Crippen LogP contribution < -0.4 is 10.0 Å². The SMILES string of the molecule is CSc1cccc(S(=O)(=O)NCC2(C)CCCNC2)c1.Cl. The van der Waals surface area contributed by atoms with Gasteiger partial charge in [0.05, 0.1) is 4.90 Å². The molecule has 2 N–H and O–H groups in total. The second-order valence-corrected chi connectivity index (χ2v) is 8.24. The Hall–Kier alpha value is -0.270. The van der Waals surface area contributed by atoms with Crippen LogP contribution in [0, 0.1) is 5.41 Å². The molecule has 0 spiro atoms. The smallest absolute Gasteiger partial charge is 0.240 e. The minimum atomic E-state index is -3.42. The second kappa shape index (κ2) is 7.83. The predicted octanol–water partition coefficient (Wildman–Crippen LogP) is 2.50. The van der Waals surface area contributed by atoms with Gasteiger partial charge >= 0.3 is 0 Å². The van der Waals surface area contributed by atoms with E-state index in [0.29, 0.717) is 11.4 Å². The number of hydrogen-bond donors (Lipinski definition) is 2. The molecule has 4 nitrogen and oxygen atoms in total. The van der Waals surface area contributed by atoms with Gasteiger partial charge in [0.1, 0.15) is 0 Å². The van der Waals surface area contributed by atoms with Crippen LogP contribution in [0.5, 0.6) is 0 Å². The third-order valence-corrected chi connectivity index (χ3v) is 5.85. The van der Waals surface area contributed by atoms with Gasteiger partial charge in [-0.25, -0.2) is 13.1 Å². The van der Waals surface area contributed by atoms with E-state index in [1.165, 1.54) is 0 Å². The Balaban J connectivity index is 0.00000220. The van der Waals surface area contributed by atoms with Crippen molar-refractivity contribution < 1.29 is 8.42 Å². The van der Waals surface area contributed by atoms with Gasteiger partial charge < -0.3 is 5.32 Å². The molecule has 1 atom stereocenters. The molecule has 0 saturated carbocycles. The van der Waals surface area contributed by atoms with Gasteiger partial charge in [-0.1, -0.05) is 13.0 Å². The number of hydrogen-bond acceptors (Lipinski definition) is 4. The van der Waals surface area contributed by atoms with E-state index in [1.54, 1.807) is 30.0 Å². The van der Waals surface area contributed by atoms with E-state index in [1.807, 2.05) is 12.3 Å². The molecule has 1 heterocycles. The molecule has 7 heteroatoms. The van der Waals surface area contributed by atoms with Gasteiger partial charge in [-0.3, -0.25) is 0 Å². The van der Waals surface area contributed by atoms with E-state index in [9.17, 15) is 8.42 Å². The van der Waals surface area contributed by atoms with Gasteiger partial charge in [0.2, 0.25) is 10.0 Å². The summed E-state index contributed by atoms with van der Waals surface area (Å²) in [7, 11) is -3.42. The lowest BCUT2D eigenvalue weighted by molar-refractivity contribution is 0.238. The Morgan fingerprint density at radius 2 is 2.19 bits per heavy atom. The summed E-state index contributed by atoms with van der Waals surface area (Å²) in [5.74, 6) is 0. The van der Waals surface area contributed by atoms with E-state index in [2.05, 4.69) is 17.0 Å². The zero-order valence-corrected chi connectivity index (χ0v) is 14.8. The van der Waals surface area contributed by atoms with Crippen LogP contribution in [-0.4, -0.2) is 34.3 Å². The summed E-state index contributed by atoms with van der Waals surface area (Å²) in [4.78, 5) is 1.30. The number of rotatable bonds is 5. The van der Waals surface area contributed by atoms with E-state index in [-0.39, 0.29) is 17.8 Å². The summed E-state index contributed by atoms with van der Waals surface area (Å²) >= 11 is 1.54. The van der Waals surface area contributed by atoms with Crippen LogP contribution in [0.3, 0.4) is 0 Å². The number of sulfonamides is 1. The lowest BCUT2D eigenvalue weighted by Crippen LogP contribution is -2.45. The highest BCUT2D eigenvalue weighted by molar-refractivity contribution is 7.98. The first kappa shape index (κ1) is 18.8. The lowest BCUT2D eigenvalue weighted by Gasteiger charge is -2.34. The molecule has 0 radical (unpaired) electrons. The molecule has 0 aliphatic carbocycles. The van der Waals surface area contributed by atoms with Crippen molar-refractivity contribution in [1.82, 2.24) is 10.0 Å². The molecular weight excluding hydrogens is 328 g/mol. The van der Waals surface area contributed by atoms with Crippen LogP contribution in [0.1, 0.15) is 19.8 Å². The van der Waals surface area contributed by atoms with E-state index in [0.717, 1.165) is 30.8 Å². The second-order valence-electron chi connectivity index (χ2n) is 5.59. The Bertz CT molecular complexity index is 558. The number of halogens is 1. The molecule has 1 aliphatic heterocycles. The molecule has 1 aromatic rings. The van der Waals surface area contributed by atoms with Crippen molar-refractivity contribution in [2.75, 3.05) is 25.9 Å². The van der Waals surface area contributed by atoms with Crippen molar-refractivity contribution in [3.8, 4) is 0 Å². The van der Waals surface area contributed by atoms with Crippen LogP contribution in [0.4, 0.5) is 0 Å². The summed E-state index contributed by atoms with van der Waals surface area (Å²) in [5.41, 5.74) is 0.00242. The highest BCUT2D eigenvalue weighted by atomic mass is 35.5. The van der Waals surface area contributed by atoms with Crippen molar-refractivity contribution in [2.24, 2.45) is 5.41 Å². The minimum absolute atomic E-state index is 0. The quantitative estimate of drug-likeness (QED) is 0.801. The predicted molar refractivity (Wildman–Crippen MR) is 90.9 cm³/mol. The maximum absolute atomic E-state index is 12.3. The fraction of sp³-hybridized carbons (Fsp3) is 0.571. The van der Waals surface area contributed by atoms with Gasteiger partial charge in [-0.2, -0.15) is 0 Å². The average Bonchev–Trinajstić information content (AvgIpc) is 2.46. The van der Waals surface area contributed by atoms with Crippen LogP contribution in [-0.2, 0) is 10.0 Å². The van der Waals surface area contributed by atoms with Crippen molar-refractivity contribution in [1.29, 1.82) is 0 Å². The largest absolute Gasteiger partial charge is 0.316 e. The van der Waals surface area contributed by atoms with Crippen LogP contribution >= 0.6 is 24.2 Å². The third-order valence-electron chi connectivity index (χ3n) is 3.73. The number of piperidine rings is 1. The molecule has 0 bridgehead atoms. The van der Waals surface area contributed by atoms with Crippen LogP contribution in [0.15, 0.2) is 34.1 Å². The van der Waals surface area contributed by atoms with Gasteiger partial charge in [0.25, 0.3) is 0 Å². The molecule has 1 aromatic carbocycles. The summed E-state index contributed by atoms with van der Waals surface area (Å²) in [6, 6.07) is 7.05.